The summed E-state index contributed by atoms with van der Waals surface area (Å²) < 4.78 is 10.8. The van der Waals surface area contributed by atoms with Crippen molar-refractivity contribution in [3.05, 3.63) is 59.7 Å². The van der Waals surface area contributed by atoms with Crippen molar-refractivity contribution in [2.24, 2.45) is 4.99 Å². The predicted octanol–water partition coefficient (Wildman–Crippen LogP) is 2.22. The van der Waals surface area contributed by atoms with Crippen molar-refractivity contribution in [2.45, 2.75) is 32.0 Å². The average molecular weight is 396 g/mol. The molecule has 1 saturated carbocycles. The third-order valence-electron chi connectivity index (χ3n) is 4.51. The van der Waals surface area contributed by atoms with Gasteiger partial charge in [-0.25, -0.2) is 0 Å². The van der Waals surface area contributed by atoms with Crippen LogP contribution in [0.5, 0.6) is 11.5 Å². The Kier molecular flexibility index (Phi) is 7.33. The van der Waals surface area contributed by atoms with Crippen molar-refractivity contribution in [3.63, 3.8) is 0 Å². The molecule has 0 heterocycles. The van der Waals surface area contributed by atoms with Crippen LogP contribution in [0.25, 0.3) is 0 Å². The molecular weight excluding hydrogens is 368 g/mol. The lowest BCUT2D eigenvalue weighted by atomic mass is 10.2. The monoisotopic (exact) mass is 396 g/mol. The molecule has 1 aliphatic rings. The Labute approximate surface area is 171 Å². The number of aliphatic imine (C=N–C) groups is 1. The Morgan fingerprint density at radius 3 is 2.41 bits per heavy atom. The third kappa shape index (κ3) is 7.03. The normalized spacial score (nSPS) is 13.5. The SMILES string of the molecule is CN=C(NCc1ccc(OC)cc1)NCc1cccc(OCC(=O)NC2CC2)c1. The van der Waals surface area contributed by atoms with Crippen LogP contribution < -0.4 is 25.4 Å². The summed E-state index contributed by atoms with van der Waals surface area (Å²) in [5.41, 5.74) is 2.17. The van der Waals surface area contributed by atoms with Crippen molar-refractivity contribution >= 4 is 11.9 Å². The molecule has 0 bridgehead atoms. The quantitative estimate of drug-likeness (QED) is 0.447. The van der Waals surface area contributed by atoms with Gasteiger partial charge in [0.15, 0.2) is 12.6 Å². The molecule has 0 atom stereocenters. The molecule has 2 aromatic carbocycles. The van der Waals surface area contributed by atoms with Crippen LogP contribution in [0.15, 0.2) is 53.5 Å². The first-order valence-corrected chi connectivity index (χ1v) is 9.75. The van der Waals surface area contributed by atoms with Gasteiger partial charge in [-0.3, -0.25) is 9.79 Å². The van der Waals surface area contributed by atoms with Gasteiger partial charge >= 0.3 is 0 Å². The van der Waals surface area contributed by atoms with E-state index >= 15 is 0 Å². The maximum Gasteiger partial charge on any atom is 0.258 e. The molecule has 7 heteroatoms. The molecule has 1 amide bonds. The Morgan fingerprint density at radius 1 is 1.03 bits per heavy atom. The van der Waals surface area contributed by atoms with Crippen molar-refractivity contribution in [1.29, 1.82) is 0 Å². The number of rotatable bonds is 9. The van der Waals surface area contributed by atoms with Crippen LogP contribution in [0.1, 0.15) is 24.0 Å². The van der Waals surface area contributed by atoms with Gasteiger partial charge in [-0.2, -0.15) is 0 Å². The van der Waals surface area contributed by atoms with Crippen molar-refractivity contribution in [3.8, 4) is 11.5 Å². The summed E-state index contributed by atoms with van der Waals surface area (Å²) in [4.78, 5) is 16.0. The molecule has 0 aromatic heterocycles. The molecule has 2 aromatic rings. The van der Waals surface area contributed by atoms with Gasteiger partial charge in [0, 0.05) is 26.2 Å². The van der Waals surface area contributed by atoms with Gasteiger partial charge in [0.25, 0.3) is 5.91 Å². The summed E-state index contributed by atoms with van der Waals surface area (Å²) >= 11 is 0. The smallest absolute Gasteiger partial charge is 0.258 e. The zero-order valence-corrected chi connectivity index (χ0v) is 16.9. The molecule has 7 nitrogen and oxygen atoms in total. The highest BCUT2D eigenvalue weighted by Crippen LogP contribution is 2.18. The minimum atomic E-state index is -0.0702. The van der Waals surface area contributed by atoms with Crippen LogP contribution in [-0.4, -0.2) is 38.7 Å². The summed E-state index contributed by atoms with van der Waals surface area (Å²) in [5.74, 6) is 2.15. The number of methoxy groups -OCH3 is 1. The van der Waals surface area contributed by atoms with Gasteiger partial charge in [0.1, 0.15) is 11.5 Å². The highest BCUT2D eigenvalue weighted by molar-refractivity contribution is 5.79. The third-order valence-corrected chi connectivity index (χ3v) is 4.51. The van der Waals surface area contributed by atoms with Gasteiger partial charge in [0.2, 0.25) is 0 Å². The fourth-order valence-electron chi connectivity index (χ4n) is 2.73. The van der Waals surface area contributed by atoms with E-state index in [4.69, 9.17) is 9.47 Å². The van der Waals surface area contributed by atoms with Crippen LogP contribution in [-0.2, 0) is 17.9 Å². The standard InChI is InChI=1S/C22H28N4O3/c1-23-22(24-13-16-6-10-19(28-2)11-7-16)25-14-17-4-3-5-20(12-17)29-15-21(27)26-18-8-9-18/h3-7,10-12,18H,8-9,13-15H2,1-2H3,(H,26,27)(H2,23,24,25). The molecule has 0 spiro atoms. The number of hydrogen-bond acceptors (Lipinski definition) is 4. The number of carbonyl (C=O) groups is 1. The molecule has 29 heavy (non-hydrogen) atoms. The lowest BCUT2D eigenvalue weighted by molar-refractivity contribution is -0.123. The number of ether oxygens (including phenoxy) is 2. The number of nitrogens with zero attached hydrogens (tertiary/aromatic N) is 1. The van der Waals surface area contributed by atoms with Gasteiger partial charge in [-0.1, -0.05) is 24.3 Å². The first-order valence-electron chi connectivity index (χ1n) is 9.75. The van der Waals surface area contributed by atoms with E-state index in [0.717, 1.165) is 29.7 Å². The topological polar surface area (TPSA) is 84.0 Å². The molecule has 0 saturated heterocycles. The van der Waals surface area contributed by atoms with E-state index in [1.807, 2.05) is 48.5 Å². The van der Waals surface area contributed by atoms with Crippen LogP contribution in [0.2, 0.25) is 0 Å². The summed E-state index contributed by atoms with van der Waals surface area (Å²) in [6.45, 7) is 1.29. The number of carbonyl (C=O) groups excluding carboxylic acids is 1. The van der Waals surface area contributed by atoms with Crippen molar-refractivity contribution in [1.82, 2.24) is 16.0 Å². The average Bonchev–Trinajstić information content (AvgIpc) is 3.57. The van der Waals surface area contributed by atoms with Crippen LogP contribution in [0.4, 0.5) is 0 Å². The molecule has 154 valence electrons. The minimum Gasteiger partial charge on any atom is -0.497 e. The second kappa shape index (κ2) is 10.4. The lowest BCUT2D eigenvalue weighted by Gasteiger charge is -2.13. The number of hydrogen-bond donors (Lipinski definition) is 3. The number of amides is 1. The van der Waals surface area contributed by atoms with Crippen LogP contribution in [0.3, 0.4) is 0 Å². The van der Waals surface area contributed by atoms with Gasteiger partial charge in [-0.05, 0) is 48.2 Å². The van der Waals surface area contributed by atoms with Crippen molar-refractivity contribution < 1.29 is 14.3 Å². The first kappa shape index (κ1) is 20.5. The molecule has 3 rings (SSSR count). The fraction of sp³-hybridized carbons (Fsp3) is 0.364. The minimum absolute atomic E-state index is 0.0401. The Morgan fingerprint density at radius 2 is 1.76 bits per heavy atom. The summed E-state index contributed by atoms with van der Waals surface area (Å²) in [6, 6.07) is 15.9. The summed E-state index contributed by atoms with van der Waals surface area (Å²) in [5, 5.41) is 9.48. The largest absolute Gasteiger partial charge is 0.497 e. The molecule has 0 radical (unpaired) electrons. The number of nitrogens with one attached hydrogen (secondary N) is 3. The number of guanidine groups is 1. The highest BCUT2D eigenvalue weighted by atomic mass is 16.5. The molecule has 1 aliphatic carbocycles. The Hall–Kier alpha value is -3.22. The van der Waals surface area contributed by atoms with E-state index in [-0.39, 0.29) is 12.5 Å². The Bertz CT molecular complexity index is 832. The number of benzene rings is 2. The molecule has 1 fully saturated rings. The molecule has 0 unspecified atom stereocenters. The van der Waals surface area contributed by atoms with E-state index in [9.17, 15) is 4.79 Å². The van der Waals surface area contributed by atoms with E-state index < -0.39 is 0 Å². The second-order valence-electron chi connectivity index (χ2n) is 6.91. The van der Waals surface area contributed by atoms with Gasteiger partial charge in [0.05, 0.1) is 7.11 Å². The van der Waals surface area contributed by atoms with Crippen LogP contribution in [0, 0.1) is 0 Å². The van der Waals surface area contributed by atoms with E-state index in [2.05, 4.69) is 20.9 Å². The summed E-state index contributed by atoms with van der Waals surface area (Å²) in [7, 11) is 3.39. The van der Waals surface area contributed by atoms with E-state index in [1.165, 1.54) is 0 Å². The molecule has 3 N–H and O–H groups in total. The molecule has 0 aliphatic heterocycles. The fourth-order valence-corrected chi connectivity index (χ4v) is 2.73. The zero-order valence-electron chi connectivity index (χ0n) is 16.9. The predicted molar refractivity (Wildman–Crippen MR) is 113 cm³/mol. The van der Waals surface area contributed by atoms with Gasteiger partial charge in [-0.15, -0.1) is 0 Å². The summed E-state index contributed by atoms with van der Waals surface area (Å²) in [6.07, 6.45) is 2.14. The first-order chi connectivity index (χ1) is 14.2. The van der Waals surface area contributed by atoms with Crippen molar-refractivity contribution in [2.75, 3.05) is 20.8 Å². The zero-order chi connectivity index (χ0) is 20.5. The Balaban J connectivity index is 1.44. The van der Waals surface area contributed by atoms with Crippen LogP contribution >= 0.6 is 0 Å². The molecular formula is C22H28N4O3. The van der Waals surface area contributed by atoms with E-state index in [1.54, 1.807) is 14.2 Å². The van der Waals surface area contributed by atoms with E-state index in [0.29, 0.717) is 30.8 Å². The second-order valence-corrected chi connectivity index (χ2v) is 6.91. The maximum atomic E-state index is 11.8. The highest BCUT2D eigenvalue weighted by Gasteiger charge is 2.23. The lowest BCUT2D eigenvalue weighted by Crippen LogP contribution is -2.36. The maximum absolute atomic E-state index is 11.8. The van der Waals surface area contributed by atoms with Gasteiger partial charge < -0.3 is 25.4 Å².